The van der Waals surface area contributed by atoms with Gasteiger partial charge in [0.1, 0.15) is 11.6 Å². The number of carbonyl (C=O) groups is 3. The molecule has 0 spiro atoms. The Morgan fingerprint density at radius 1 is 1.35 bits per heavy atom. The number of amides is 3. The highest BCUT2D eigenvalue weighted by Crippen LogP contribution is 2.22. The largest absolute Gasteiger partial charge is 0.335 e. The van der Waals surface area contributed by atoms with E-state index in [1.165, 1.54) is 21.1 Å². The van der Waals surface area contributed by atoms with Crippen LogP contribution in [0.1, 0.15) is 30.6 Å². The van der Waals surface area contributed by atoms with E-state index in [0.29, 0.717) is 19.6 Å². The molecule has 1 unspecified atom stereocenters. The minimum Gasteiger partial charge on any atom is -0.335 e. The molecule has 1 aromatic heterocycles. The number of nitrogens with zero attached hydrogens (tertiary/aromatic N) is 4. The fourth-order valence-electron chi connectivity index (χ4n) is 2.39. The van der Waals surface area contributed by atoms with Gasteiger partial charge in [0.15, 0.2) is 0 Å². The molecule has 1 aliphatic rings. The Labute approximate surface area is 139 Å². The van der Waals surface area contributed by atoms with Crippen LogP contribution >= 0.6 is 11.3 Å². The van der Waals surface area contributed by atoms with Crippen molar-refractivity contribution in [1.82, 2.24) is 19.7 Å². The molecule has 1 fully saturated rings. The number of aromatic nitrogens is 1. The molecule has 2 rings (SSSR count). The molecule has 0 radical (unpaired) electrons. The van der Waals surface area contributed by atoms with E-state index in [2.05, 4.69) is 4.98 Å². The number of thiazole rings is 1. The summed E-state index contributed by atoms with van der Waals surface area (Å²) in [7, 11) is 1.69. The summed E-state index contributed by atoms with van der Waals surface area (Å²) in [4.78, 5) is 45.1. The van der Waals surface area contributed by atoms with Crippen molar-refractivity contribution in [2.45, 2.75) is 26.8 Å². The molecule has 3 amide bonds. The lowest BCUT2D eigenvalue weighted by Gasteiger charge is -2.34. The topological polar surface area (TPSA) is 73.8 Å². The summed E-state index contributed by atoms with van der Waals surface area (Å²) in [5.74, 6) is -1.33. The zero-order chi connectivity index (χ0) is 17.1. The van der Waals surface area contributed by atoms with Gasteiger partial charge in [0.25, 0.3) is 0 Å². The Kier molecular flexibility index (Phi) is 5.35. The molecule has 2 heterocycles. The summed E-state index contributed by atoms with van der Waals surface area (Å²) >= 11 is 1.51. The number of piperazine rings is 1. The highest BCUT2D eigenvalue weighted by atomic mass is 32.1. The molecule has 126 valence electrons. The first-order valence-electron chi connectivity index (χ1n) is 7.61. The zero-order valence-corrected chi connectivity index (χ0v) is 14.7. The maximum Gasteiger partial charge on any atom is 0.312 e. The van der Waals surface area contributed by atoms with Gasteiger partial charge in [-0.15, -0.1) is 11.3 Å². The molecular weight excluding hydrogens is 316 g/mol. The first kappa shape index (κ1) is 17.4. The molecule has 0 aromatic carbocycles. The summed E-state index contributed by atoms with van der Waals surface area (Å²) in [5.41, 5.74) is 0.925. The molecule has 1 aliphatic heterocycles. The SMILES string of the molecule is CCN1CCN(CC(=O)N(C)C(C)c2nc(C)cs2)C(=O)C1=O. The van der Waals surface area contributed by atoms with Crippen molar-refractivity contribution in [3.63, 3.8) is 0 Å². The Morgan fingerprint density at radius 2 is 1.96 bits per heavy atom. The molecule has 8 heteroatoms. The van der Waals surface area contributed by atoms with Crippen molar-refractivity contribution in [3.8, 4) is 0 Å². The highest BCUT2D eigenvalue weighted by Gasteiger charge is 2.33. The highest BCUT2D eigenvalue weighted by molar-refractivity contribution is 7.09. The van der Waals surface area contributed by atoms with E-state index >= 15 is 0 Å². The molecule has 0 bridgehead atoms. The van der Waals surface area contributed by atoms with Crippen LogP contribution in [-0.4, -0.2) is 70.6 Å². The van der Waals surface area contributed by atoms with Crippen molar-refractivity contribution in [3.05, 3.63) is 16.1 Å². The molecule has 1 saturated heterocycles. The predicted molar refractivity (Wildman–Crippen MR) is 86.9 cm³/mol. The zero-order valence-electron chi connectivity index (χ0n) is 13.9. The minimum absolute atomic E-state index is 0.0761. The third kappa shape index (κ3) is 3.69. The molecule has 1 aromatic rings. The first-order valence-corrected chi connectivity index (χ1v) is 8.49. The molecule has 1 atom stereocenters. The van der Waals surface area contributed by atoms with Crippen molar-refractivity contribution in [2.24, 2.45) is 0 Å². The Bertz CT molecular complexity index is 616. The summed E-state index contributed by atoms with van der Waals surface area (Å²) in [6.07, 6.45) is 0. The standard InChI is InChI=1S/C15H22N4O3S/c1-5-18-6-7-19(15(22)14(18)21)8-12(20)17(4)11(3)13-16-10(2)9-23-13/h9,11H,5-8H2,1-4H3. The fraction of sp³-hybridized carbons (Fsp3) is 0.600. The molecule has 23 heavy (non-hydrogen) atoms. The fourth-order valence-corrected chi connectivity index (χ4v) is 3.28. The lowest BCUT2D eigenvalue weighted by molar-refractivity contribution is -0.157. The van der Waals surface area contributed by atoms with E-state index < -0.39 is 11.8 Å². The van der Waals surface area contributed by atoms with Gasteiger partial charge in [-0.2, -0.15) is 0 Å². The summed E-state index contributed by atoms with van der Waals surface area (Å²) in [6, 6.07) is -0.163. The molecule has 0 saturated carbocycles. The van der Waals surface area contributed by atoms with Crippen LogP contribution in [-0.2, 0) is 14.4 Å². The van der Waals surface area contributed by atoms with Gasteiger partial charge in [-0.1, -0.05) is 0 Å². The third-order valence-corrected chi connectivity index (χ3v) is 5.21. The number of likely N-dealkylation sites (N-methyl/N-ethyl adjacent to an activating group) is 2. The lowest BCUT2D eigenvalue weighted by atomic mass is 10.2. The molecule has 7 nitrogen and oxygen atoms in total. The summed E-state index contributed by atoms with van der Waals surface area (Å²) in [5, 5.41) is 2.80. The first-order chi connectivity index (χ1) is 10.8. The van der Waals surface area contributed by atoms with Crippen LogP contribution in [0.4, 0.5) is 0 Å². The smallest absolute Gasteiger partial charge is 0.312 e. The van der Waals surface area contributed by atoms with Gasteiger partial charge in [0.05, 0.1) is 6.04 Å². The van der Waals surface area contributed by atoms with Gasteiger partial charge >= 0.3 is 11.8 Å². The lowest BCUT2D eigenvalue weighted by Crippen LogP contribution is -2.56. The van der Waals surface area contributed by atoms with E-state index in [1.54, 1.807) is 11.9 Å². The average Bonchev–Trinajstić information content (AvgIpc) is 2.97. The number of hydrogen-bond donors (Lipinski definition) is 0. The van der Waals surface area contributed by atoms with Gasteiger partial charge in [0.2, 0.25) is 5.91 Å². The van der Waals surface area contributed by atoms with Crippen LogP contribution in [0.5, 0.6) is 0 Å². The summed E-state index contributed by atoms with van der Waals surface area (Å²) in [6.45, 7) is 6.93. The summed E-state index contributed by atoms with van der Waals surface area (Å²) < 4.78 is 0. The maximum atomic E-state index is 12.4. The molecule has 0 aliphatic carbocycles. The maximum absolute atomic E-state index is 12.4. The second-order valence-electron chi connectivity index (χ2n) is 5.62. The minimum atomic E-state index is -0.599. The predicted octanol–water partition coefficient (Wildman–Crippen LogP) is 0.662. The van der Waals surface area contributed by atoms with Crippen LogP contribution in [0.15, 0.2) is 5.38 Å². The van der Waals surface area contributed by atoms with Gasteiger partial charge in [-0.3, -0.25) is 14.4 Å². The van der Waals surface area contributed by atoms with Crippen molar-refractivity contribution >= 4 is 29.1 Å². The monoisotopic (exact) mass is 338 g/mol. The van der Waals surface area contributed by atoms with Crippen LogP contribution in [0.2, 0.25) is 0 Å². The van der Waals surface area contributed by atoms with Crippen molar-refractivity contribution in [2.75, 3.05) is 33.2 Å². The number of hydrogen-bond acceptors (Lipinski definition) is 5. The Morgan fingerprint density at radius 3 is 2.52 bits per heavy atom. The van der Waals surface area contributed by atoms with Crippen LogP contribution < -0.4 is 0 Å². The van der Waals surface area contributed by atoms with Gasteiger partial charge in [-0.05, 0) is 20.8 Å². The van der Waals surface area contributed by atoms with E-state index in [4.69, 9.17) is 0 Å². The second-order valence-corrected chi connectivity index (χ2v) is 6.51. The number of aryl methyl sites for hydroxylation is 1. The van der Waals surface area contributed by atoms with Gasteiger partial charge in [-0.25, -0.2) is 4.98 Å². The van der Waals surface area contributed by atoms with Crippen LogP contribution in [0.3, 0.4) is 0 Å². The number of carbonyl (C=O) groups excluding carboxylic acids is 3. The third-order valence-electron chi connectivity index (χ3n) is 4.07. The normalized spacial score (nSPS) is 16.7. The Hall–Kier alpha value is -1.96. The van der Waals surface area contributed by atoms with Gasteiger partial charge in [0, 0.05) is 37.8 Å². The van der Waals surface area contributed by atoms with Crippen LogP contribution in [0.25, 0.3) is 0 Å². The van der Waals surface area contributed by atoms with E-state index in [1.807, 2.05) is 26.2 Å². The molecule has 0 N–H and O–H groups in total. The molecular formula is C15H22N4O3S. The van der Waals surface area contributed by atoms with Crippen LogP contribution in [0, 0.1) is 6.92 Å². The average molecular weight is 338 g/mol. The van der Waals surface area contributed by atoms with Crippen molar-refractivity contribution < 1.29 is 14.4 Å². The van der Waals surface area contributed by atoms with E-state index in [-0.39, 0.29) is 18.5 Å². The number of rotatable bonds is 5. The Balaban J connectivity index is 1.98. The van der Waals surface area contributed by atoms with Gasteiger partial charge < -0.3 is 14.7 Å². The quantitative estimate of drug-likeness (QED) is 0.740. The second kappa shape index (κ2) is 7.08. The van der Waals surface area contributed by atoms with E-state index in [0.717, 1.165) is 10.7 Å². The van der Waals surface area contributed by atoms with Crippen molar-refractivity contribution in [1.29, 1.82) is 0 Å². The van der Waals surface area contributed by atoms with E-state index in [9.17, 15) is 14.4 Å².